The summed E-state index contributed by atoms with van der Waals surface area (Å²) >= 11 is 1.31. The highest BCUT2D eigenvalue weighted by Crippen LogP contribution is 2.27. The molecule has 0 spiro atoms. The van der Waals surface area contributed by atoms with E-state index in [-0.39, 0.29) is 5.56 Å². The first-order chi connectivity index (χ1) is 18.6. The molecule has 3 aromatic carbocycles. The molecule has 0 radical (unpaired) electrons. The number of aryl methyl sites for hydroxylation is 1. The Hall–Kier alpha value is -4.82. The Kier molecular flexibility index (Phi) is 6.15. The van der Waals surface area contributed by atoms with Gasteiger partial charge in [0.2, 0.25) is 4.96 Å². The van der Waals surface area contributed by atoms with E-state index in [1.54, 1.807) is 6.08 Å². The minimum Gasteiger partial charge on any atom is -0.490 e. The standard InChI is InChI=1S/C30H23N5O2S/c1-3-16-37-25-14-12-21(13-15-25)27-23(19-34(32-27)24-10-5-4-6-11-24)18-26-29(36)35-30(38-26)31-28(33-35)22-9-7-8-20(2)17-22/h3-15,17-19H,1,16H2,2H3/b26-18-. The van der Waals surface area contributed by atoms with Crippen molar-refractivity contribution in [3.05, 3.63) is 124 Å². The smallest absolute Gasteiger partial charge is 0.291 e. The van der Waals surface area contributed by atoms with Crippen LogP contribution in [0.1, 0.15) is 11.1 Å². The second-order valence-electron chi connectivity index (χ2n) is 8.75. The van der Waals surface area contributed by atoms with Crippen molar-refractivity contribution in [2.45, 2.75) is 6.92 Å². The third-order valence-corrected chi connectivity index (χ3v) is 6.96. The zero-order chi connectivity index (χ0) is 26.1. The van der Waals surface area contributed by atoms with Crippen LogP contribution in [0.25, 0.3) is 39.4 Å². The highest BCUT2D eigenvalue weighted by atomic mass is 32.1. The molecular weight excluding hydrogens is 494 g/mol. The molecule has 0 aliphatic rings. The van der Waals surface area contributed by atoms with Crippen LogP contribution in [-0.4, -0.2) is 31.0 Å². The van der Waals surface area contributed by atoms with E-state index in [2.05, 4.69) is 16.7 Å². The molecule has 0 saturated carbocycles. The number of ether oxygens (including phenoxy) is 1. The molecule has 0 saturated heterocycles. The SMILES string of the molecule is C=CCOc1ccc(-c2nn(-c3ccccc3)cc2/C=c2\sc3nc(-c4cccc(C)c4)nn3c2=O)cc1. The Morgan fingerprint density at radius 1 is 0.974 bits per heavy atom. The number of para-hydroxylation sites is 1. The first-order valence-corrected chi connectivity index (χ1v) is 12.9. The topological polar surface area (TPSA) is 74.3 Å². The lowest BCUT2D eigenvalue weighted by Crippen LogP contribution is -2.23. The van der Waals surface area contributed by atoms with Crippen LogP contribution in [0.3, 0.4) is 0 Å². The lowest BCUT2D eigenvalue weighted by molar-refractivity contribution is 0.363. The largest absolute Gasteiger partial charge is 0.490 e. The number of nitrogens with zero attached hydrogens (tertiary/aromatic N) is 5. The number of thiazole rings is 1. The van der Waals surface area contributed by atoms with Crippen LogP contribution in [0, 0.1) is 6.92 Å². The number of hydrogen-bond acceptors (Lipinski definition) is 6. The van der Waals surface area contributed by atoms with Crippen molar-refractivity contribution in [1.29, 1.82) is 0 Å². The van der Waals surface area contributed by atoms with Gasteiger partial charge in [0.1, 0.15) is 18.1 Å². The molecule has 6 rings (SSSR count). The summed E-state index contributed by atoms with van der Waals surface area (Å²) in [6.07, 6.45) is 5.50. The summed E-state index contributed by atoms with van der Waals surface area (Å²) in [6, 6.07) is 25.5. The van der Waals surface area contributed by atoms with Crippen LogP contribution < -0.4 is 14.8 Å². The maximum Gasteiger partial charge on any atom is 0.291 e. The van der Waals surface area contributed by atoms with E-state index in [4.69, 9.17) is 9.84 Å². The predicted molar refractivity (Wildman–Crippen MR) is 151 cm³/mol. The average molecular weight is 518 g/mol. The van der Waals surface area contributed by atoms with Gasteiger partial charge in [0.25, 0.3) is 5.56 Å². The van der Waals surface area contributed by atoms with Crippen molar-refractivity contribution in [3.63, 3.8) is 0 Å². The third kappa shape index (κ3) is 4.53. The molecule has 0 N–H and O–H groups in total. The molecule has 8 heteroatoms. The summed E-state index contributed by atoms with van der Waals surface area (Å²) < 4.78 is 9.36. The maximum absolute atomic E-state index is 13.3. The summed E-state index contributed by atoms with van der Waals surface area (Å²) in [5.41, 5.74) is 5.19. The fourth-order valence-electron chi connectivity index (χ4n) is 4.18. The summed E-state index contributed by atoms with van der Waals surface area (Å²) in [4.78, 5) is 18.5. The van der Waals surface area contributed by atoms with Gasteiger partial charge in [-0.3, -0.25) is 4.79 Å². The van der Waals surface area contributed by atoms with Crippen LogP contribution in [0.15, 0.2) is 103 Å². The van der Waals surface area contributed by atoms with Crippen molar-refractivity contribution in [2.24, 2.45) is 0 Å². The predicted octanol–water partition coefficient (Wildman–Crippen LogP) is 5.09. The lowest BCUT2D eigenvalue weighted by Gasteiger charge is -2.04. The van der Waals surface area contributed by atoms with Crippen molar-refractivity contribution >= 4 is 22.4 Å². The molecule has 7 nitrogen and oxygen atoms in total. The molecular formula is C30H23N5O2S. The monoisotopic (exact) mass is 517 g/mol. The summed E-state index contributed by atoms with van der Waals surface area (Å²) in [7, 11) is 0. The van der Waals surface area contributed by atoms with Crippen molar-refractivity contribution in [2.75, 3.05) is 6.61 Å². The highest BCUT2D eigenvalue weighted by Gasteiger charge is 2.15. The van der Waals surface area contributed by atoms with E-state index in [9.17, 15) is 4.79 Å². The number of aromatic nitrogens is 5. The lowest BCUT2D eigenvalue weighted by atomic mass is 10.1. The Morgan fingerprint density at radius 2 is 1.79 bits per heavy atom. The van der Waals surface area contributed by atoms with Gasteiger partial charge in [0.05, 0.1) is 10.2 Å². The van der Waals surface area contributed by atoms with Gasteiger partial charge in [-0.1, -0.05) is 66.0 Å². The van der Waals surface area contributed by atoms with Gasteiger partial charge >= 0.3 is 0 Å². The van der Waals surface area contributed by atoms with Crippen LogP contribution in [0.5, 0.6) is 5.75 Å². The Balaban J connectivity index is 1.44. The minimum absolute atomic E-state index is 0.206. The average Bonchev–Trinajstić information content (AvgIpc) is 3.63. The summed E-state index contributed by atoms with van der Waals surface area (Å²) in [6.45, 7) is 6.14. The van der Waals surface area contributed by atoms with Gasteiger partial charge in [-0.25, -0.2) is 4.68 Å². The second kappa shape index (κ2) is 9.91. The van der Waals surface area contributed by atoms with Crippen LogP contribution in [0.2, 0.25) is 0 Å². The van der Waals surface area contributed by atoms with E-state index in [0.29, 0.717) is 21.9 Å². The maximum atomic E-state index is 13.3. The zero-order valence-corrected chi connectivity index (χ0v) is 21.4. The Bertz CT molecular complexity index is 1870. The van der Waals surface area contributed by atoms with Gasteiger partial charge in [0.15, 0.2) is 5.82 Å². The molecule has 6 aromatic rings. The molecule has 0 fully saturated rings. The van der Waals surface area contributed by atoms with Crippen LogP contribution in [-0.2, 0) is 0 Å². The Morgan fingerprint density at radius 3 is 2.53 bits per heavy atom. The van der Waals surface area contributed by atoms with E-state index in [1.807, 2.05) is 103 Å². The minimum atomic E-state index is -0.206. The molecule has 0 aliphatic heterocycles. The highest BCUT2D eigenvalue weighted by molar-refractivity contribution is 7.15. The first-order valence-electron chi connectivity index (χ1n) is 12.1. The van der Waals surface area contributed by atoms with Gasteiger partial charge in [-0.15, -0.1) is 5.10 Å². The van der Waals surface area contributed by atoms with Crippen molar-refractivity contribution in [1.82, 2.24) is 24.4 Å². The van der Waals surface area contributed by atoms with Gasteiger partial charge in [-0.05, 0) is 55.5 Å². The van der Waals surface area contributed by atoms with Crippen LogP contribution >= 0.6 is 11.3 Å². The number of benzene rings is 3. The van der Waals surface area contributed by atoms with Crippen molar-refractivity contribution < 1.29 is 4.74 Å². The molecule has 3 heterocycles. The molecule has 186 valence electrons. The Labute approximate surface area is 222 Å². The van der Waals surface area contributed by atoms with E-state index in [1.165, 1.54) is 15.9 Å². The first kappa shape index (κ1) is 23.6. The van der Waals surface area contributed by atoms with Crippen molar-refractivity contribution in [3.8, 4) is 34.1 Å². The van der Waals surface area contributed by atoms with E-state index in [0.717, 1.165) is 39.4 Å². The summed E-state index contributed by atoms with van der Waals surface area (Å²) in [5.74, 6) is 1.29. The zero-order valence-electron chi connectivity index (χ0n) is 20.6. The molecule has 0 bridgehead atoms. The van der Waals surface area contributed by atoms with E-state index >= 15 is 0 Å². The quantitative estimate of drug-likeness (QED) is 0.276. The fraction of sp³-hybridized carbons (Fsp3) is 0.0667. The number of rotatable bonds is 7. The fourth-order valence-corrected chi connectivity index (χ4v) is 5.07. The molecule has 3 aromatic heterocycles. The van der Waals surface area contributed by atoms with Gasteiger partial charge in [0, 0.05) is 22.9 Å². The molecule has 0 atom stereocenters. The normalized spacial score (nSPS) is 11.8. The second-order valence-corrected chi connectivity index (χ2v) is 9.76. The van der Waals surface area contributed by atoms with Gasteiger partial charge < -0.3 is 4.74 Å². The third-order valence-electron chi connectivity index (χ3n) is 6.00. The number of hydrogen-bond donors (Lipinski definition) is 0. The molecule has 0 unspecified atom stereocenters. The molecule has 0 aliphatic carbocycles. The number of fused-ring (bicyclic) bond motifs is 1. The van der Waals surface area contributed by atoms with E-state index < -0.39 is 0 Å². The molecule has 0 amide bonds. The molecule has 38 heavy (non-hydrogen) atoms. The summed E-state index contributed by atoms with van der Waals surface area (Å²) in [5, 5.41) is 9.36. The van der Waals surface area contributed by atoms with Crippen LogP contribution in [0.4, 0.5) is 0 Å². The van der Waals surface area contributed by atoms with Gasteiger partial charge in [-0.2, -0.15) is 14.6 Å².